The molecule has 0 aromatic heterocycles. The van der Waals surface area contributed by atoms with Crippen molar-refractivity contribution >= 4 is 5.97 Å². The van der Waals surface area contributed by atoms with Gasteiger partial charge >= 0.3 is 5.97 Å². The summed E-state index contributed by atoms with van der Waals surface area (Å²) in [6.07, 6.45) is 12.0. The number of benzene rings is 1. The number of para-hydroxylation sites is 1. The molecule has 2 unspecified atom stereocenters. The van der Waals surface area contributed by atoms with Gasteiger partial charge in [0.15, 0.2) is 0 Å². The third-order valence-electron chi connectivity index (χ3n) is 5.37. The van der Waals surface area contributed by atoms with Gasteiger partial charge in [-0.05, 0) is 37.3 Å². The van der Waals surface area contributed by atoms with Crippen LogP contribution in [0.1, 0.15) is 83.6 Å². The van der Waals surface area contributed by atoms with E-state index in [0.717, 1.165) is 38.0 Å². The zero-order valence-electron chi connectivity index (χ0n) is 18.3. The number of unbranched alkanes of at least 4 members (excludes halogenated alkanes) is 6. The molecule has 1 aliphatic heterocycles. The SMILES string of the molecule is C=C(CC1CCCO1)C(=O)OC(C)Oc1ccccc1CCCCCCCCC. The summed E-state index contributed by atoms with van der Waals surface area (Å²) >= 11 is 0. The van der Waals surface area contributed by atoms with Crippen molar-refractivity contribution in [3.8, 4) is 5.75 Å². The summed E-state index contributed by atoms with van der Waals surface area (Å²) in [5.41, 5.74) is 1.62. The van der Waals surface area contributed by atoms with Gasteiger partial charge in [-0.15, -0.1) is 0 Å². The minimum absolute atomic E-state index is 0.0916. The Labute approximate surface area is 176 Å². The van der Waals surface area contributed by atoms with Gasteiger partial charge in [-0.3, -0.25) is 0 Å². The molecule has 0 amide bonds. The first-order chi connectivity index (χ1) is 14.1. The Hall–Kier alpha value is -1.81. The van der Waals surface area contributed by atoms with E-state index in [0.29, 0.717) is 12.0 Å². The number of carbonyl (C=O) groups is 1. The molecule has 1 saturated heterocycles. The van der Waals surface area contributed by atoms with Gasteiger partial charge in [-0.1, -0.05) is 70.2 Å². The highest BCUT2D eigenvalue weighted by Crippen LogP contribution is 2.23. The zero-order chi connectivity index (χ0) is 20.9. The maximum absolute atomic E-state index is 12.3. The molecule has 1 heterocycles. The molecule has 162 valence electrons. The second kappa shape index (κ2) is 13.4. The molecule has 0 bridgehead atoms. The quantitative estimate of drug-likeness (QED) is 0.157. The van der Waals surface area contributed by atoms with Crippen molar-refractivity contribution < 1.29 is 19.0 Å². The van der Waals surface area contributed by atoms with E-state index in [9.17, 15) is 4.79 Å². The van der Waals surface area contributed by atoms with Gasteiger partial charge in [0.1, 0.15) is 5.75 Å². The highest BCUT2D eigenvalue weighted by Gasteiger charge is 2.22. The summed E-state index contributed by atoms with van der Waals surface area (Å²) in [6, 6.07) is 8.03. The molecule has 2 rings (SSSR count). The van der Waals surface area contributed by atoms with Crippen LogP contribution in [-0.2, 0) is 20.7 Å². The van der Waals surface area contributed by atoms with E-state index >= 15 is 0 Å². The molecule has 4 heteroatoms. The van der Waals surface area contributed by atoms with Crippen molar-refractivity contribution in [2.24, 2.45) is 0 Å². The number of rotatable bonds is 14. The van der Waals surface area contributed by atoms with Crippen LogP contribution in [0.25, 0.3) is 0 Å². The van der Waals surface area contributed by atoms with E-state index in [1.807, 2.05) is 18.2 Å². The Bertz CT molecular complexity index is 619. The fourth-order valence-corrected chi connectivity index (χ4v) is 3.70. The van der Waals surface area contributed by atoms with Crippen LogP contribution in [0.5, 0.6) is 5.75 Å². The van der Waals surface area contributed by atoms with Gasteiger partial charge in [0.05, 0.1) is 6.10 Å². The summed E-state index contributed by atoms with van der Waals surface area (Å²) in [6.45, 7) is 8.62. The fraction of sp³-hybridized carbons (Fsp3) is 0.640. The van der Waals surface area contributed by atoms with Gasteiger partial charge in [-0.25, -0.2) is 4.79 Å². The van der Waals surface area contributed by atoms with E-state index < -0.39 is 12.3 Å². The van der Waals surface area contributed by atoms with Gasteiger partial charge < -0.3 is 14.2 Å². The standard InChI is InChI=1S/C25H38O4/c1-4-5-6-7-8-9-10-14-22-15-11-12-17-24(22)28-21(3)29-25(26)20(2)19-23-16-13-18-27-23/h11-12,15,17,21,23H,2,4-10,13-14,16,18-19H2,1,3H3. The number of carbonyl (C=O) groups excluding carboxylic acids is 1. The highest BCUT2D eigenvalue weighted by atomic mass is 16.7. The van der Waals surface area contributed by atoms with Crippen LogP contribution < -0.4 is 4.74 Å². The van der Waals surface area contributed by atoms with E-state index in [1.165, 1.54) is 44.1 Å². The molecule has 0 spiro atoms. The molecule has 0 N–H and O–H groups in total. The Kier molecular flexibility index (Phi) is 10.9. The summed E-state index contributed by atoms with van der Waals surface area (Å²) in [4.78, 5) is 12.3. The van der Waals surface area contributed by atoms with Crippen molar-refractivity contribution in [3.05, 3.63) is 42.0 Å². The number of hydrogen-bond acceptors (Lipinski definition) is 4. The summed E-state index contributed by atoms with van der Waals surface area (Å²) < 4.78 is 16.9. The molecule has 0 saturated carbocycles. The molecule has 1 fully saturated rings. The smallest absolute Gasteiger partial charge is 0.336 e. The number of aryl methyl sites for hydroxylation is 1. The number of esters is 1. The molecule has 2 atom stereocenters. The highest BCUT2D eigenvalue weighted by molar-refractivity contribution is 5.87. The molecule has 1 aliphatic rings. The predicted octanol–water partition coefficient (Wildman–Crippen LogP) is 6.37. The first-order valence-corrected chi connectivity index (χ1v) is 11.3. The number of ether oxygens (including phenoxy) is 3. The Morgan fingerprint density at radius 2 is 1.90 bits per heavy atom. The fourth-order valence-electron chi connectivity index (χ4n) is 3.70. The first kappa shape index (κ1) is 23.5. The maximum Gasteiger partial charge on any atom is 0.336 e. The van der Waals surface area contributed by atoms with Crippen molar-refractivity contribution in [3.63, 3.8) is 0 Å². The molecule has 0 radical (unpaired) electrons. The van der Waals surface area contributed by atoms with Crippen molar-refractivity contribution in [1.29, 1.82) is 0 Å². The molecule has 1 aromatic carbocycles. The summed E-state index contributed by atoms with van der Waals surface area (Å²) in [7, 11) is 0. The second-order valence-corrected chi connectivity index (χ2v) is 8.01. The van der Waals surface area contributed by atoms with Crippen LogP contribution in [0.4, 0.5) is 0 Å². The third-order valence-corrected chi connectivity index (χ3v) is 5.37. The first-order valence-electron chi connectivity index (χ1n) is 11.3. The van der Waals surface area contributed by atoms with Crippen LogP contribution in [0, 0.1) is 0 Å². The third kappa shape index (κ3) is 9.03. The second-order valence-electron chi connectivity index (χ2n) is 8.01. The van der Waals surface area contributed by atoms with Crippen LogP contribution in [0.2, 0.25) is 0 Å². The largest absolute Gasteiger partial charge is 0.455 e. The van der Waals surface area contributed by atoms with Gasteiger partial charge in [0, 0.05) is 25.5 Å². The van der Waals surface area contributed by atoms with E-state index in [2.05, 4.69) is 19.6 Å². The molecule has 29 heavy (non-hydrogen) atoms. The van der Waals surface area contributed by atoms with E-state index in [4.69, 9.17) is 14.2 Å². The molecular weight excluding hydrogens is 364 g/mol. The molecule has 4 nitrogen and oxygen atoms in total. The predicted molar refractivity (Wildman–Crippen MR) is 117 cm³/mol. The van der Waals surface area contributed by atoms with Gasteiger partial charge in [0.25, 0.3) is 0 Å². The lowest BCUT2D eigenvalue weighted by Gasteiger charge is -2.19. The average molecular weight is 403 g/mol. The van der Waals surface area contributed by atoms with E-state index in [1.54, 1.807) is 6.92 Å². The summed E-state index contributed by atoms with van der Waals surface area (Å²) in [5.74, 6) is 0.390. The maximum atomic E-state index is 12.3. The van der Waals surface area contributed by atoms with Gasteiger partial charge in [-0.2, -0.15) is 0 Å². The minimum atomic E-state index is -0.654. The lowest BCUT2D eigenvalue weighted by molar-refractivity contribution is -0.156. The number of hydrogen-bond donors (Lipinski definition) is 0. The normalized spacial score (nSPS) is 17.1. The van der Waals surface area contributed by atoms with Crippen LogP contribution in [0.15, 0.2) is 36.4 Å². The lowest BCUT2D eigenvalue weighted by Crippen LogP contribution is -2.23. The Morgan fingerprint density at radius 1 is 1.17 bits per heavy atom. The Balaban J connectivity index is 1.73. The summed E-state index contributed by atoms with van der Waals surface area (Å²) in [5, 5.41) is 0. The van der Waals surface area contributed by atoms with Crippen molar-refractivity contribution in [2.75, 3.05) is 6.61 Å². The lowest BCUT2D eigenvalue weighted by atomic mass is 10.0. The van der Waals surface area contributed by atoms with E-state index in [-0.39, 0.29) is 6.10 Å². The molecule has 1 aromatic rings. The zero-order valence-corrected chi connectivity index (χ0v) is 18.3. The average Bonchev–Trinajstić information content (AvgIpc) is 3.21. The van der Waals surface area contributed by atoms with Crippen LogP contribution in [-0.4, -0.2) is 25.0 Å². The van der Waals surface area contributed by atoms with Crippen LogP contribution in [0.3, 0.4) is 0 Å². The molecular formula is C25H38O4. The Morgan fingerprint density at radius 3 is 2.62 bits per heavy atom. The van der Waals surface area contributed by atoms with Crippen LogP contribution >= 0.6 is 0 Å². The van der Waals surface area contributed by atoms with Gasteiger partial charge in [0.2, 0.25) is 6.29 Å². The van der Waals surface area contributed by atoms with Crippen molar-refractivity contribution in [2.45, 2.75) is 96.9 Å². The minimum Gasteiger partial charge on any atom is -0.455 e. The van der Waals surface area contributed by atoms with Crippen molar-refractivity contribution in [1.82, 2.24) is 0 Å². The monoisotopic (exact) mass is 402 g/mol. The topological polar surface area (TPSA) is 44.8 Å². The molecule has 0 aliphatic carbocycles.